The maximum Gasteiger partial charge on any atom is 0.161 e. The Kier molecular flexibility index (Phi) is 4.78. The molecule has 5 heteroatoms. The Bertz CT molecular complexity index is 493. The fraction of sp³-hybridized carbons (Fsp3) is 0.500. The lowest BCUT2D eigenvalue weighted by Crippen LogP contribution is -2.23. The van der Waals surface area contributed by atoms with Gasteiger partial charge in [-0.15, -0.1) is 0 Å². The number of hydrogen-bond donors (Lipinski definition) is 2. The van der Waals surface area contributed by atoms with Gasteiger partial charge in [-0.2, -0.15) is 5.26 Å². The predicted octanol–water partition coefficient (Wildman–Crippen LogP) is 3.42. The highest BCUT2D eigenvalue weighted by Crippen LogP contribution is 2.28. The molecule has 0 spiro atoms. The maximum absolute atomic E-state index is 14.0. The summed E-state index contributed by atoms with van der Waals surface area (Å²) in [6.07, 6.45) is 3.41. The van der Waals surface area contributed by atoms with Crippen LogP contribution in [0.4, 0.5) is 10.1 Å². The van der Waals surface area contributed by atoms with E-state index in [-0.39, 0.29) is 10.6 Å². The molecule has 1 aromatic rings. The molecule has 1 saturated carbocycles. The van der Waals surface area contributed by atoms with Crippen molar-refractivity contribution in [2.45, 2.75) is 31.8 Å². The van der Waals surface area contributed by atoms with Crippen molar-refractivity contribution in [1.82, 2.24) is 0 Å². The van der Waals surface area contributed by atoms with Gasteiger partial charge in [-0.05, 0) is 59.7 Å². The lowest BCUT2D eigenvalue weighted by atomic mass is 9.87. The molecule has 2 rings (SSSR count). The summed E-state index contributed by atoms with van der Waals surface area (Å²) in [5.41, 5.74) is 0.709. The quantitative estimate of drug-likeness (QED) is 0.894. The van der Waals surface area contributed by atoms with Gasteiger partial charge in [-0.1, -0.05) is 0 Å². The molecule has 102 valence electrons. The molecule has 0 aliphatic heterocycles. The molecule has 1 aliphatic carbocycles. The molecule has 3 nitrogen and oxygen atoms in total. The molecule has 0 atom stereocenters. The zero-order valence-corrected chi connectivity index (χ0v) is 12.1. The molecule has 1 fully saturated rings. The van der Waals surface area contributed by atoms with Crippen LogP contribution in [-0.4, -0.2) is 17.8 Å². The summed E-state index contributed by atoms with van der Waals surface area (Å²) in [5.74, 6) is 0.0483. The molecule has 0 bridgehead atoms. The van der Waals surface area contributed by atoms with Gasteiger partial charge in [0.2, 0.25) is 0 Å². The Morgan fingerprint density at radius 3 is 2.68 bits per heavy atom. The topological polar surface area (TPSA) is 56.0 Å². The fourth-order valence-electron chi connectivity index (χ4n) is 2.38. The van der Waals surface area contributed by atoms with Crippen LogP contribution in [0.15, 0.2) is 16.6 Å². The summed E-state index contributed by atoms with van der Waals surface area (Å²) in [4.78, 5) is 0. The summed E-state index contributed by atoms with van der Waals surface area (Å²) in [6.45, 7) is 0.696. The van der Waals surface area contributed by atoms with Crippen LogP contribution < -0.4 is 5.32 Å². The summed E-state index contributed by atoms with van der Waals surface area (Å²) < 4.78 is 14.2. The minimum absolute atomic E-state index is 0.169. The van der Waals surface area contributed by atoms with E-state index in [0.29, 0.717) is 23.7 Å². The molecular weight excluding hydrogens is 311 g/mol. The van der Waals surface area contributed by atoms with Crippen molar-refractivity contribution in [2.75, 3.05) is 11.9 Å². The minimum atomic E-state index is -0.421. The van der Waals surface area contributed by atoms with Gasteiger partial charge >= 0.3 is 0 Å². The van der Waals surface area contributed by atoms with Crippen LogP contribution in [0.25, 0.3) is 0 Å². The van der Waals surface area contributed by atoms with E-state index in [1.54, 1.807) is 12.1 Å². The highest BCUT2D eigenvalue weighted by atomic mass is 79.9. The van der Waals surface area contributed by atoms with Crippen LogP contribution in [0.2, 0.25) is 0 Å². The van der Waals surface area contributed by atoms with Crippen molar-refractivity contribution in [3.8, 4) is 6.07 Å². The zero-order chi connectivity index (χ0) is 13.8. The summed E-state index contributed by atoms with van der Waals surface area (Å²) >= 11 is 3.09. The van der Waals surface area contributed by atoms with E-state index < -0.39 is 5.82 Å². The maximum atomic E-state index is 14.0. The van der Waals surface area contributed by atoms with Crippen LogP contribution >= 0.6 is 15.9 Å². The van der Waals surface area contributed by atoms with Crippen molar-refractivity contribution in [1.29, 1.82) is 5.26 Å². The zero-order valence-electron chi connectivity index (χ0n) is 10.5. The third-order valence-corrected chi connectivity index (χ3v) is 4.38. The van der Waals surface area contributed by atoms with Crippen molar-refractivity contribution in [2.24, 2.45) is 5.92 Å². The van der Waals surface area contributed by atoms with Crippen LogP contribution in [0.1, 0.15) is 31.2 Å². The number of anilines is 1. The van der Waals surface area contributed by atoms with Gasteiger partial charge in [-0.3, -0.25) is 0 Å². The van der Waals surface area contributed by atoms with Gasteiger partial charge in [0.05, 0.1) is 21.8 Å². The van der Waals surface area contributed by atoms with Crippen LogP contribution in [0, 0.1) is 23.1 Å². The normalized spacial score (nSPS) is 22.8. The van der Waals surface area contributed by atoms with E-state index in [2.05, 4.69) is 21.2 Å². The first-order valence-electron chi connectivity index (χ1n) is 6.42. The molecule has 1 aliphatic rings. The van der Waals surface area contributed by atoms with E-state index >= 15 is 0 Å². The largest absolute Gasteiger partial charge is 0.393 e. The summed E-state index contributed by atoms with van der Waals surface area (Å²) in [7, 11) is 0. The van der Waals surface area contributed by atoms with Gasteiger partial charge in [0.25, 0.3) is 0 Å². The number of aliphatic hydroxyl groups is 1. The van der Waals surface area contributed by atoms with E-state index in [1.165, 1.54) is 0 Å². The second kappa shape index (κ2) is 6.36. The Hall–Kier alpha value is -1.12. The standard InChI is InChI=1S/C14H16BrFN2O/c15-13-10(7-17)3-6-12(14(13)16)18-8-9-1-4-11(19)5-2-9/h3,6,9,11,18-19H,1-2,4-5,8H2. The Morgan fingerprint density at radius 1 is 1.37 bits per heavy atom. The lowest BCUT2D eigenvalue weighted by molar-refractivity contribution is 0.111. The second-order valence-electron chi connectivity index (χ2n) is 4.96. The number of nitrogens with one attached hydrogen (secondary N) is 1. The molecule has 1 aromatic carbocycles. The monoisotopic (exact) mass is 326 g/mol. The third kappa shape index (κ3) is 3.46. The Balaban J connectivity index is 1.97. The van der Waals surface area contributed by atoms with Gasteiger partial charge in [-0.25, -0.2) is 4.39 Å². The smallest absolute Gasteiger partial charge is 0.161 e. The van der Waals surface area contributed by atoms with Crippen LogP contribution in [-0.2, 0) is 0 Å². The third-order valence-electron chi connectivity index (χ3n) is 3.60. The van der Waals surface area contributed by atoms with Crippen LogP contribution in [0.5, 0.6) is 0 Å². The van der Waals surface area contributed by atoms with E-state index in [0.717, 1.165) is 25.7 Å². The fourth-order valence-corrected chi connectivity index (χ4v) is 2.81. The van der Waals surface area contributed by atoms with Crippen molar-refractivity contribution in [3.05, 3.63) is 28.0 Å². The van der Waals surface area contributed by atoms with E-state index in [4.69, 9.17) is 5.26 Å². The Labute approximate surface area is 120 Å². The molecular formula is C14H16BrFN2O. The SMILES string of the molecule is N#Cc1ccc(NCC2CCC(O)CC2)c(F)c1Br. The summed E-state index contributed by atoms with van der Waals surface area (Å²) in [6, 6.07) is 5.12. The van der Waals surface area contributed by atoms with E-state index in [1.807, 2.05) is 6.07 Å². The number of nitrogens with zero attached hydrogens (tertiary/aromatic N) is 1. The molecule has 0 amide bonds. The van der Waals surface area contributed by atoms with Gasteiger partial charge in [0, 0.05) is 6.54 Å². The number of halogens is 2. The molecule has 0 aromatic heterocycles. The van der Waals surface area contributed by atoms with Gasteiger partial charge in [0.1, 0.15) is 6.07 Å². The average molecular weight is 327 g/mol. The second-order valence-corrected chi connectivity index (χ2v) is 5.75. The molecule has 0 saturated heterocycles. The number of nitriles is 1. The first-order valence-corrected chi connectivity index (χ1v) is 7.21. The minimum Gasteiger partial charge on any atom is -0.393 e. The number of hydrogen-bond acceptors (Lipinski definition) is 3. The van der Waals surface area contributed by atoms with Crippen LogP contribution in [0.3, 0.4) is 0 Å². The lowest BCUT2D eigenvalue weighted by Gasteiger charge is -2.25. The molecule has 0 unspecified atom stereocenters. The van der Waals surface area contributed by atoms with Crippen molar-refractivity contribution < 1.29 is 9.50 Å². The van der Waals surface area contributed by atoms with Crippen molar-refractivity contribution in [3.63, 3.8) is 0 Å². The van der Waals surface area contributed by atoms with Crippen molar-refractivity contribution >= 4 is 21.6 Å². The highest BCUT2D eigenvalue weighted by molar-refractivity contribution is 9.10. The number of rotatable bonds is 3. The summed E-state index contributed by atoms with van der Waals surface area (Å²) in [5, 5.41) is 21.3. The highest BCUT2D eigenvalue weighted by Gasteiger charge is 2.19. The first kappa shape index (κ1) is 14.3. The van der Waals surface area contributed by atoms with E-state index in [9.17, 15) is 9.50 Å². The average Bonchev–Trinajstić information content (AvgIpc) is 2.42. The first-order chi connectivity index (χ1) is 9.11. The number of benzene rings is 1. The van der Waals surface area contributed by atoms with Gasteiger partial charge < -0.3 is 10.4 Å². The molecule has 0 heterocycles. The number of aliphatic hydroxyl groups excluding tert-OH is 1. The van der Waals surface area contributed by atoms with Gasteiger partial charge in [0.15, 0.2) is 5.82 Å². The molecule has 0 radical (unpaired) electrons. The Morgan fingerprint density at radius 2 is 2.05 bits per heavy atom. The molecule has 2 N–H and O–H groups in total. The molecule has 19 heavy (non-hydrogen) atoms. The predicted molar refractivity (Wildman–Crippen MR) is 75.3 cm³/mol.